The molecule has 2 aliphatic heterocycles. The van der Waals surface area contributed by atoms with Crippen LogP contribution in [0, 0.1) is 0 Å². The van der Waals surface area contributed by atoms with E-state index in [9.17, 15) is 18.3 Å². The second-order valence-electron chi connectivity index (χ2n) is 8.49. The number of nitrogens with one attached hydrogen (secondary N) is 2. The third kappa shape index (κ3) is 5.13. The summed E-state index contributed by atoms with van der Waals surface area (Å²) in [5.74, 6) is 0.966. The van der Waals surface area contributed by atoms with Gasteiger partial charge in [-0.15, -0.1) is 0 Å². The minimum absolute atomic E-state index is 0.0952. The van der Waals surface area contributed by atoms with Gasteiger partial charge in [-0.1, -0.05) is 6.92 Å². The number of amides is 1. The van der Waals surface area contributed by atoms with Crippen LogP contribution in [0.1, 0.15) is 37.7 Å². The smallest absolute Gasteiger partial charge is 0.261 e. The van der Waals surface area contributed by atoms with Gasteiger partial charge in [0, 0.05) is 23.7 Å². The van der Waals surface area contributed by atoms with Crippen LogP contribution in [0.15, 0.2) is 47.4 Å². The topological polar surface area (TPSA) is 123 Å². The Morgan fingerprint density at radius 2 is 1.97 bits per heavy atom. The monoisotopic (exact) mass is 490 g/mol. The van der Waals surface area contributed by atoms with Crippen molar-refractivity contribution in [2.75, 3.05) is 25.0 Å². The Bertz CT molecular complexity index is 1120. The molecular formula is C24H30N2O7S. The van der Waals surface area contributed by atoms with Gasteiger partial charge in [0.2, 0.25) is 5.91 Å². The fourth-order valence-electron chi connectivity index (χ4n) is 4.46. The first kappa shape index (κ1) is 24.3. The first-order valence-electron chi connectivity index (χ1n) is 11.3. The lowest BCUT2D eigenvalue weighted by atomic mass is 9.84. The summed E-state index contributed by atoms with van der Waals surface area (Å²) in [5, 5.41) is 12.7. The predicted molar refractivity (Wildman–Crippen MR) is 126 cm³/mol. The van der Waals surface area contributed by atoms with Crippen LogP contribution in [-0.2, 0) is 19.6 Å². The van der Waals surface area contributed by atoms with Crippen molar-refractivity contribution in [2.24, 2.45) is 0 Å². The van der Waals surface area contributed by atoms with Crippen LogP contribution in [0.25, 0.3) is 0 Å². The molecule has 2 aromatic rings. The van der Waals surface area contributed by atoms with Crippen LogP contribution >= 0.6 is 0 Å². The highest BCUT2D eigenvalue weighted by atomic mass is 32.2. The zero-order valence-electron chi connectivity index (χ0n) is 19.2. The van der Waals surface area contributed by atoms with E-state index in [0.29, 0.717) is 30.2 Å². The van der Waals surface area contributed by atoms with E-state index in [1.54, 1.807) is 30.3 Å². The van der Waals surface area contributed by atoms with Crippen LogP contribution in [0.5, 0.6) is 11.5 Å². The molecule has 0 unspecified atom stereocenters. The number of hydrogen-bond acceptors (Lipinski definition) is 7. The Balaban J connectivity index is 1.53. The van der Waals surface area contributed by atoms with Crippen molar-refractivity contribution in [2.45, 2.75) is 55.3 Å². The minimum Gasteiger partial charge on any atom is -0.497 e. The number of sulfonamides is 1. The maximum Gasteiger partial charge on any atom is 0.261 e. The number of benzene rings is 2. The third-order valence-corrected chi connectivity index (χ3v) is 7.50. The second kappa shape index (κ2) is 10.2. The summed E-state index contributed by atoms with van der Waals surface area (Å²) < 4.78 is 45.4. The normalized spacial score (nSPS) is 23.4. The Morgan fingerprint density at radius 3 is 2.65 bits per heavy atom. The maximum atomic E-state index is 12.9. The van der Waals surface area contributed by atoms with Gasteiger partial charge in [-0.05, 0) is 55.3 Å². The number of aliphatic hydroxyl groups is 1. The lowest BCUT2D eigenvalue weighted by molar-refractivity contribution is -0.142. The summed E-state index contributed by atoms with van der Waals surface area (Å²) in [6.07, 6.45) is 0.223. The van der Waals surface area contributed by atoms with Gasteiger partial charge in [0.15, 0.2) is 0 Å². The highest BCUT2D eigenvalue weighted by Crippen LogP contribution is 2.47. The first-order chi connectivity index (χ1) is 16.3. The summed E-state index contributed by atoms with van der Waals surface area (Å²) in [6, 6.07) is 11.2. The van der Waals surface area contributed by atoms with Crippen molar-refractivity contribution in [3.05, 3.63) is 48.0 Å². The molecule has 1 amide bonds. The van der Waals surface area contributed by atoms with Crippen molar-refractivity contribution >= 4 is 21.6 Å². The molecule has 1 fully saturated rings. The fraction of sp³-hybridized carbons (Fsp3) is 0.458. The molecule has 0 saturated carbocycles. The van der Waals surface area contributed by atoms with E-state index in [1.165, 1.54) is 19.2 Å². The number of ether oxygens (including phenoxy) is 3. The number of carbonyl (C=O) groups is 1. The summed E-state index contributed by atoms with van der Waals surface area (Å²) in [4.78, 5) is 12.3. The molecule has 0 aliphatic carbocycles. The van der Waals surface area contributed by atoms with Crippen molar-refractivity contribution in [3.8, 4) is 11.5 Å². The molecule has 10 heteroatoms. The lowest BCUT2D eigenvalue weighted by Crippen LogP contribution is -2.47. The minimum atomic E-state index is -3.80. The van der Waals surface area contributed by atoms with Crippen molar-refractivity contribution < 1.29 is 32.5 Å². The average Bonchev–Trinajstić information content (AvgIpc) is 3.20. The Morgan fingerprint density at radius 1 is 1.21 bits per heavy atom. The number of anilines is 1. The summed E-state index contributed by atoms with van der Waals surface area (Å²) in [5.41, 5.74) is 1.24. The number of methoxy groups -OCH3 is 1. The highest BCUT2D eigenvalue weighted by molar-refractivity contribution is 7.92. The lowest BCUT2D eigenvalue weighted by Gasteiger charge is -2.37. The van der Waals surface area contributed by atoms with E-state index in [0.717, 1.165) is 12.0 Å². The van der Waals surface area contributed by atoms with Gasteiger partial charge >= 0.3 is 0 Å². The SMILES string of the molecule is CCCNC(=O)C[C@@H]1C[C@@H]2c3cc(NS(=O)(=O)c4ccc(OC)cc4)ccc3O[C@@H]2[C@@H](CO)O1. The summed E-state index contributed by atoms with van der Waals surface area (Å²) in [6.45, 7) is 2.35. The molecule has 2 aliphatic rings. The zero-order valence-corrected chi connectivity index (χ0v) is 20.0. The van der Waals surface area contributed by atoms with E-state index < -0.39 is 22.2 Å². The van der Waals surface area contributed by atoms with Crippen molar-refractivity contribution in [1.29, 1.82) is 0 Å². The van der Waals surface area contributed by atoms with Crippen molar-refractivity contribution in [1.82, 2.24) is 5.32 Å². The van der Waals surface area contributed by atoms with E-state index in [2.05, 4.69) is 10.0 Å². The molecule has 0 aromatic heterocycles. The molecule has 2 heterocycles. The number of fused-ring (bicyclic) bond motifs is 3. The van der Waals surface area contributed by atoms with Crippen LogP contribution in [-0.4, -0.2) is 58.0 Å². The van der Waals surface area contributed by atoms with Gasteiger partial charge in [-0.25, -0.2) is 8.42 Å². The number of hydrogen-bond donors (Lipinski definition) is 3. The number of rotatable bonds is 9. The van der Waals surface area contributed by atoms with E-state index in [-0.39, 0.29) is 35.9 Å². The fourth-order valence-corrected chi connectivity index (χ4v) is 5.51. The van der Waals surface area contributed by atoms with Gasteiger partial charge in [-0.2, -0.15) is 0 Å². The Kier molecular flexibility index (Phi) is 7.30. The molecule has 184 valence electrons. The van der Waals surface area contributed by atoms with Crippen molar-refractivity contribution in [3.63, 3.8) is 0 Å². The molecular weight excluding hydrogens is 460 g/mol. The standard InChI is InChI=1S/C24H30N2O7S/c1-3-10-25-23(28)13-17-12-20-19-11-15(4-9-21(19)33-24(20)22(14-27)32-17)26-34(29,30)18-7-5-16(31-2)6-8-18/h4-9,11,17,20,22,24,26-27H,3,10,12-14H2,1-2H3,(H,25,28)/t17-,20+,22+,24-/m0/s1. The molecule has 3 N–H and O–H groups in total. The van der Waals surface area contributed by atoms with Crippen LogP contribution in [0.2, 0.25) is 0 Å². The average molecular weight is 491 g/mol. The third-order valence-electron chi connectivity index (χ3n) is 6.11. The summed E-state index contributed by atoms with van der Waals surface area (Å²) in [7, 11) is -2.28. The van der Waals surface area contributed by atoms with Crippen LogP contribution in [0.3, 0.4) is 0 Å². The maximum absolute atomic E-state index is 12.9. The molecule has 4 atom stereocenters. The molecule has 0 radical (unpaired) electrons. The Labute approximate surface area is 199 Å². The molecule has 4 rings (SSSR count). The van der Waals surface area contributed by atoms with E-state index in [4.69, 9.17) is 14.2 Å². The molecule has 2 aromatic carbocycles. The molecule has 9 nitrogen and oxygen atoms in total. The largest absolute Gasteiger partial charge is 0.497 e. The summed E-state index contributed by atoms with van der Waals surface area (Å²) >= 11 is 0. The number of carbonyl (C=O) groups excluding carboxylic acids is 1. The molecule has 34 heavy (non-hydrogen) atoms. The molecule has 1 saturated heterocycles. The van der Waals surface area contributed by atoms with E-state index >= 15 is 0 Å². The van der Waals surface area contributed by atoms with Gasteiger partial charge in [-0.3, -0.25) is 9.52 Å². The van der Waals surface area contributed by atoms with Crippen LogP contribution in [0.4, 0.5) is 5.69 Å². The molecule has 0 spiro atoms. The first-order valence-corrected chi connectivity index (χ1v) is 12.8. The molecule has 0 bridgehead atoms. The Hall–Kier alpha value is -2.82. The van der Waals surface area contributed by atoms with Crippen LogP contribution < -0.4 is 19.5 Å². The predicted octanol–water partition coefficient (Wildman–Crippen LogP) is 2.41. The number of aliphatic hydroxyl groups excluding tert-OH is 1. The van der Waals surface area contributed by atoms with Gasteiger partial charge in [0.25, 0.3) is 10.0 Å². The van der Waals surface area contributed by atoms with Gasteiger partial charge in [0.05, 0.1) is 31.1 Å². The quantitative estimate of drug-likeness (QED) is 0.493. The second-order valence-corrected chi connectivity index (χ2v) is 10.2. The highest BCUT2D eigenvalue weighted by Gasteiger charge is 2.46. The van der Waals surface area contributed by atoms with Gasteiger partial charge in [0.1, 0.15) is 23.7 Å². The van der Waals surface area contributed by atoms with Gasteiger partial charge < -0.3 is 24.6 Å². The van der Waals surface area contributed by atoms with E-state index in [1.807, 2.05) is 6.92 Å². The zero-order chi connectivity index (χ0) is 24.3.